The Morgan fingerprint density at radius 2 is 1.70 bits per heavy atom. The van der Waals surface area contributed by atoms with Gasteiger partial charge >= 0.3 is 0 Å². The van der Waals surface area contributed by atoms with Crippen LogP contribution in [-0.4, -0.2) is 17.2 Å². The van der Waals surface area contributed by atoms with E-state index in [-0.39, 0.29) is 11.7 Å². The zero-order valence-electron chi connectivity index (χ0n) is 15.8. The van der Waals surface area contributed by atoms with Gasteiger partial charge in [0, 0.05) is 21.2 Å². The first-order valence-corrected chi connectivity index (χ1v) is 9.69. The second kappa shape index (κ2) is 6.03. The van der Waals surface area contributed by atoms with Crippen molar-refractivity contribution >= 4 is 44.5 Å². The highest BCUT2D eigenvalue weighted by Gasteiger charge is 2.44. The van der Waals surface area contributed by atoms with Crippen molar-refractivity contribution < 1.29 is 9.59 Å². The Kier molecular flexibility index (Phi) is 4.00. The van der Waals surface area contributed by atoms with Crippen LogP contribution in [0.5, 0.6) is 0 Å². The number of benzene rings is 2. The Morgan fingerprint density at radius 1 is 1.07 bits per heavy atom. The number of amides is 1. The summed E-state index contributed by atoms with van der Waals surface area (Å²) in [5, 5.41) is 0. The average Bonchev–Trinajstić information content (AvgIpc) is 2.86. The van der Waals surface area contributed by atoms with Crippen LogP contribution in [0.1, 0.15) is 47.8 Å². The number of hydrogen-bond donors (Lipinski definition) is 0. The normalized spacial score (nSPS) is 18.6. The number of carbonyl (C=O) groups excluding carboxylic acids is 2. The molecule has 4 heteroatoms. The molecule has 0 saturated carbocycles. The summed E-state index contributed by atoms with van der Waals surface area (Å²) in [6.07, 6.45) is 3.61. The molecule has 0 aliphatic carbocycles. The van der Waals surface area contributed by atoms with E-state index in [2.05, 4.69) is 35.0 Å². The van der Waals surface area contributed by atoms with Crippen LogP contribution >= 0.6 is 15.9 Å². The van der Waals surface area contributed by atoms with Crippen LogP contribution in [0.4, 0.5) is 5.69 Å². The van der Waals surface area contributed by atoms with E-state index >= 15 is 0 Å². The summed E-state index contributed by atoms with van der Waals surface area (Å²) in [4.78, 5) is 27.9. The van der Waals surface area contributed by atoms with Crippen molar-refractivity contribution in [2.24, 2.45) is 0 Å². The number of halogens is 1. The molecule has 1 amide bonds. The van der Waals surface area contributed by atoms with Crippen molar-refractivity contribution in [3.63, 3.8) is 0 Å². The molecule has 0 unspecified atom stereocenters. The van der Waals surface area contributed by atoms with Crippen molar-refractivity contribution in [2.75, 3.05) is 4.90 Å². The maximum Gasteiger partial charge on any atom is 0.259 e. The molecular formula is C23H20BrNO2. The second-order valence-electron chi connectivity index (χ2n) is 7.76. The van der Waals surface area contributed by atoms with Crippen LogP contribution in [0.15, 0.2) is 53.0 Å². The van der Waals surface area contributed by atoms with Gasteiger partial charge in [-0.25, -0.2) is 0 Å². The molecule has 136 valence electrons. The second-order valence-corrected chi connectivity index (χ2v) is 8.68. The lowest BCUT2D eigenvalue weighted by Gasteiger charge is -2.38. The van der Waals surface area contributed by atoms with Gasteiger partial charge in [0.25, 0.3) is 5.91 Å². The molecule has 2 aromatic carbocycles. The van der Waals surface area contributed by atoms with Crippen molar-refractivity contribution in [2.45, 2.75) is 33.2 Å². The Morgan fingerprint density at radius 3 is 2.37 bits per heavy atom. The molecule has 0 aromatic heterocycles. The van der Waals surface area contributed by atoms with Gasteiger partial charge in [-0.2, -0.15) is 0 Å². The fourth-order valence-electron chi connectivity index (χ4n) is 4.05. The third-order valence-electron chi connectivity index (χ3n) is 5.18. The molecule has 0 spiro atoms. The number of nitrogens with zero attached hydrogens (tertiary/aromatic N) is 1. The molecule has 0 atom stereocenters. The van der Waals surface area contributed by atoms with Crippen LogP contribution in [0.25, 0.3) is 11.1 Å². The summed E-state index contributed by atoms with van der Waals surface area (Å²) in [5.74, 6) is -0.278. The van der Waals surface area contributed by atoms with Crippen LogP contribution < -0.4 is 4.90 Å². The van der Waals surface area contributed by atoms with E-state index < -0.39 is 5.54 Å². The number of anilines is 1. The first kappa shape index (κ1) is 17.9. The fourth-order valence-corrected chi connectivity index (χ4v) is 4.32. The predicted octanol–water partition coefficient (Wildman–Crippen LogP) is 5.57. The van der Waals surface area contributed by atoms with Crippen molar-refractivity contribution in [1.82, 2.24) is 0 Å². The van der Waals surface area contributed by atoms with Gasteiger partial charge in [0.2, 0.25) is 0 Å². The van der Waals surface area contributed by atoms with Crippen LogP contribution in [0, 0.1) is 6.92 Å². The van der Waals surface area contributed by atoms with Crippen molar-refractivity contribution in [1.29, 1.82) is 0 Å². The van der Waals surface area contributed by atoms with Crippen LogP contribution in [-0.2, 0) is 4.79 Å². The van der Waals surface area contributed by atoms with Crippen molar-refractivity contribution in [3.05, 3.63) is 75.3 Å². The Labute approximate surface area is 167 Å². The average molecular weight is 422 g/mol. The highest BCUT2D eigenvalue weighted by molar-refractivity contribution is 9.10. The van der Waals surface area contributed by atoms with Gasteiger partial charge in [-0.15, -0.1) is 0 Å². The highest BCUT2D eigenvalue weighted by atomic mass is 79.9. The maximum absolute atomic E-state index is 13.3. The van der Waals surface area contributed by atoms with Gasteiger partial charge in [-0.3, -0.25) is 14.5 Å². The molecule has 2 aromatic rings. The van der Waals surface area contributed by atoms with E-state index in [0.29, 0.717) is 11.1 Å². The molecule has 2 aliphatic rings. The molecule has 3 nitrogen and oxygen atoms in total. The smallest absolute Gasteiger partial charge is 0.259 e. The van der Waals surface area contributed by atoms with E-state index in [4.69, 9.17) is 0 Å². The molecule has 27 heavy (non-hydrogen) atoms. The lowest BCUT2D eigenvalue weighted by molar-refractivity contribution is -0.113. The third-order valence-corrected chi connectivity index (χ3v) is 5.71. The molecule has 0 fully saturated rings. The van der Waals surface area contributed by atoms with Crippen LogP contribution in [0.2, 0.25) is 0 Å². The molecule has 0 saturated heterocycles. The summed E-state index contributed by atoms with van der Waals surface area (Å²) in [5.41, 5.74) is 5.67. The minimum absolute atomic E-state index is 0.115. The summed E-state index contributed by atoms with van der Waals surface area (Å²) in [7, 11) is 0. The molecule has 2 aliphatic heterocycles. The molecule has 0 radical (unpaired) electrons. The Bertz CT molecular complexity index is 1060. The maximum atomic E-state index is 13.3. The quantitative estimate of drug-likeness (QED) is 0.469. The van der Waals surface area contributed by atoms with Gasteiger partial charge in [0.05, 0.1) is 16.8 Å². The zero-order chi connectivity index (χ0) is 19.5. The minimum atomic E-state index is -0.436. The summed E-state index contributed by atoms with van der Waals surface area (Å²) < 4.78 is 0.912. The number of aryl methyl sites for hydroxylation is 1. The standard InChI is InChI=1S/C23H20BrNO2/c1-13-9-17-14(2)12-23(3,4)25-21(17)18(10-13)19(22(25)27)11-20(26)15-5-7-16(24)8-6-15/h5-12H,1-4H3/b19-11+. The van der Waals surface area contributed by atoms with E-state index in [9.17, 15) is 9.59 Å². The molecule has 2 heterocycles. The highest BCUT2D eigenvalue weighted by Crippen LogP contribution is 2.49. The number of ketones is 1. The SMILES string of the molecule is CC1=CC(C)(C)N2C(=O)/C(=C/C(=O)c3ccc(Br)cc3)c3cc(C)cc1c32. The van der Waals surface area contributed by atoms with E-state index in [1.807, 2.05) is 43.9 Å². The van der Waals surface area contributed by atoms with Gasteiger partial charge in [-0.05, 0) is 81.3 Å². The number of rotatable bonds is 2. The molecule has 0 N–H and O–H groups in total. The summed E-state index contributed by atoms with van der Waals surface area (Å²) in [6, 6.07) is 11.3. The summed E-state index contributed by atoms with van der Waals surface area (Å²) >= 11 is 3.38. The third kappa shape index (κ3) is 2.79. The molecule has 0 bridgehead atoms. The lowest BCUT2D eigenvalue weighted by atomic mass is 9.88. The minimum Gasteiger partial charge on any atom is -0.298 e. The Balaban J connectivity index is 1.89. The van der Waals surface area contributed by atoms with E-state index in [0.717, 1.165) is 32.4 Å². The van der Waals surface area contributed by atoms with E-state index in [1.54, 1.807) is 12.1 Å². The fraction of sp³-hybridized carbons (Fsp3) is 0.217. The number of allylic oxidation sites excluding steroid dienone is 2. The number of hydrogen-bond acceptors (Lipinski definition) is 2. The first-order chi connectivity index (χ1) is 12.7. The van der Waals surface area contributed by atoms with Crippen LogP contribution in [0.3, 0.4) is 0 Å². The lowest BCUT2D eigenvalue weighted by Crippen LogP contribution is -2.46. The number of carbonyl (C=O) groups is 2. The van der Waals surface area contributed by atoms with E-state index in [1.165, 1.54) is 6.08 Å². The largest absolute Gasteiger partial charge is 0.298 e. The predicted molar refractivity (Wildman–Crippen MR) is 113 cm³/mol. The van der Waals surface area contributed by atoms with Gasteiger partial charge in [-0.1, -0.05) is 22.0 Å². The topological polar surface area (TPSA) is 37.4 Å². The van der Waals surface area contributed by atoms with Crippen molar-refractivity contribution in [3.8, 4) is 0 Å². The summed E-state index contributed by atoms with van der Waals surface area (Å²) in [6.45, 7) is 8.15. The van der Waals surface area contributed by atoms with Gasteiger partial charge < -0.3 is 0 Å². The zero-order valence-corrected chi connectivity index (χ0v) is 17.3. The first-order valence-electron chi connectivity index (χ1n) is 8.90. The molecule has 4 rings (SSSR count). The van der Waals surface area contributed by atoms with Gasteiger partial charge in [0.1, 0.15) is 0 Å². The van der Waals surface area contributed by atoms with Gasteiger partial charge in [0.15, 0.2) is 5.78 Å². The Hall–Kier alpha value is -2.46. The molecular weight excluding hydrogens is 402 g/mol. The monoisotopic (exact) mass is 421 g/mol.